The highest BCUT2D eigenvalue weighted by Crippen LogP contribution is 2.28. The van der Waals surface area contributed by atoms with Crippen molar-refractivity contribution in [3.63, 3.8) is 0 Å². The molecular formula is C18H20F3N5O3. The van der Waals surface area contributed by atoms with Gasteiger partial charge in [0.2, 0.25) is 5.91 Å². The predicted molar refractivity (Wildman–Crippen MR) is 95.2 cm³/mol. The summed E-state index contributed by atoms with van der Waals surface area (Å²) in [6.07, 6.45) is -1.66. The van der Waals surface area contributed by atoms with Crippen LogP contribution in [0.4, 0.5) is 13.2 Å². The van der Waals surface area contributed by atoms with Crippen LogP contribution in [0.5, 0.6) is 6.01 Å². The number of halogens is 3. The molecule has 1 fully saturated rings. The van der Waals surface area contributed by atoms with Crippen molar-refractivity contribution in [2.45, 2.75) is 45.5 Å². The van der Waals surface area contributed by atoms with Gasteiger partial charge in [-0.3, -0.25) is 14.2 Å². The Labute approximate surface area is 164 Å². The highest BCUT2D eigenvalue weighted by atomic mass is 19.4. The number of aryl methyl sites for hydroxylation is 1. The molecule has 0 N–H and O–H groups in total. The number of aromatic nitrogens is 4. The van der Waals surface area contributed by atoms with E-state index in [-0.39, 0.29) is 30.6 Å². The van der Waals surface area contributed by atoms with Crippen LogP contribution in [0.3, 0.4) is 0 Å². The molecule has 0 aromatic carbocycles. The van der Waals surface area contributed by atoms with Crippen LogP contribution in [0, 0.1) is 13.8 Å². The Balaban J connectivity index is 1.66. The van der Waals surface area contributed by atoms with E-state index in [2.05, 4.69) is 15.0 Å². The van der Waals surface area contributed by atoms with Crippen LogP contribution >= 0.6 is 0 Å². The fourth-order valence-electron chi connectivity index (χ4n) is 3.00. The third kappa shape index (κ3) is 4.90. The van der Waals surface area contributed by atoms with Crippen molar-refractivity contribution in [3.05, 3.63) is 45.9 Å². The van der Waals surface area contributed by atoms with E-state index in [1.54, 1.807) is 13.8 Å². The summed E-state index contributed by atoms with van der Waals surface area (Å²) in [4.78, 5) is 37.6. The molecule has 1 amide bonds. The molecule has 156 valence electrons. The molecule has 0 bridgehead atoms. The van der Waals surface area contributed by atoms with Crippen LogP contribution in [0.1, 0.15) is 29.8 Å². The van der Waals surface area contributed by atoms with Crippen molar-refractivity contribution in [2.75, 3.05) is 13.1 Å². The van der Waals surface area contributed by atoms with Gasteiger partial charge in [-0.1, -0.05) is 0 Å². The molecule has 2 aromatic heterocycles. The van der Waals surface area contributed by atoms with Gasteiger partial charge in [0.05, 0.1) is 12.9 Å². The summed E-state index contributed by atoms with van der Waals surface area (Å²) in [6.45, 7) is 3.83. The smallest absolute Gasteiger partial charge is 0.433 e. The lowest BCUT2D eigenvalue weighted by molar-refractivity contribution is -0.141. The Morgan fingerprint density at radius 1 is 1.31 bits per heavy atom. The highest BCUT2D eigenvalue weighted by molar-refractivity contribution is 5.76. The first-order valence-electron chi connectivity index (χ1n) is 9.02. The minimum atomic E-state index is -4.59. The van der Waals surface area contributed by atoms with Gasteiger partial charge in [0.15, 0.2) is 5.69 Å². The Kier molecular flexibility index (Phi) is 5.85. The van der Waals surface area contributed by atoms with Gasteiger partial charge in [-0.25, -0.2) is 9.97 Å². The zero-order valence-corrected chi connectivity index (χ0v) is 15.9. The number of ether oxygens (including phenoxy) is 1. The van der Waals surface area contributed by atoms with Crippen molar-refractivity contribution in [3.8, 4) is 6.01 Å². The first kappa shape index (κ1) is 20.7. The summed E-state index contributed by atoms with van der Waals surface area (Å²) in [6, 6.07) is 0.382. The van der Waals surface area contributed by atoms with Gasteiger partial charge in [-0.15, -0.1) is 0 Å². The standard InChI is InChI=1S/C18H20F3N5O3/c1-11-12(2)23-10-26(16(11)28)9-15(27)25-7-3-4-13(8-25)29-17-22-6-5-14(24-17)18(19,20)21/h5-6,10,13H,3-4,7-9H2,1-2H3. The number of carbonyl (C=O) groups excluding carboxylic acids is 1. The van der Waals surface area contributed by atoms with Crippen molar-refractivity contribution in [1.82, 2.24) is 24.4 Å². The number of hydrogen-bond donors (Lipinski definition) is 0. The second-order valence-electron chi connectivity index (χ2n) is 6.83. The Morgan fingerprint density at radius 2 is 2.07 bits per heavy atom. The van der Waals surface area contributed by atoms with Crippen LogP contribution in [0.15, 0.2) is 23.4 Å². The van der Waals surface area contributed by atoms with E-state index in [1.807, 2.05) is 0 Å². The molecule has 1 unspecified atom stereocenters. The lowest BCUT2D eigenvalue weighted by Gasteiger charge is -2.32. The topological polar surface area (TPSA) is 90.2 Å². The van der Waals surface area contributed by atoms with E-state index in [0.717, 1.165) is 12.3 Å². The maximum atomic E-state index is 12.8. The summed E-state index contributed by atoms with van der Waals surface area (Å²) < 4.78 is 45.1. The van der Waals surface area contributed by atoms with Gasteiger partial charge >= 0.3 is 12.2 Å². The number of piperidine rings is 1. The lowest BCUT2D eigenvalue weighted by atomic mass is 10.1. The summed E-state index contributed by atoms with van der Waals surface area (Å²) in [5, 5.41) is 0. The average Bonchev–Trinajstić information content (AvgIpc) is 2.68. The molecule has 1 saturated heterocycles. The quantitative estimate of drug-likeness (QED) is 0.761. The number of amides is 1. The van der Waals surface area contributed by atoms with E-state index < -0.39 is 18.0 Å². The monoisotopic (exact) mass is 411 g/mol. The molecule has 1 atom stereocenters. The summed E-state index contributed by atoms with van der Waals surface area (Å²) in [5.41, 5.74) is -0.297. The lowest BCUT2D eigenvalue weighted by Crippen LogP contribution is -2.46. The first-order valence-corrected chi connectivity index (χ1v) is 9.02. The predicted octanol–water partition coefficient (Wildman–Crippen LogP) is 1.74. The highest BCUT2D eigenvalue weighted by Gasteiger charge is 2.33. The zero-order chi connectivity index (χ0) is 21.2. The molecule has 0 radical (unpaired) electrons. The number of hydrogen-bond acceptors (Lipinski definition) is 6. The van der Waals surface area contributed by atoms with E-state index in [9.17, 15) is 22.8 Å². The van der Waals surface area contributed by atoms with Crippen LogP contribution in [0.25, 0.3) is 0 Å². The van der Waals surface area contributed by atoms with Crippen molar-refractivity contribution >= 4 is 5.91 Å². The molecule has 3 rings (SSSR count). The average molecular weight is 411 g/mol. The summed E-state index contributed by atoms with van der Waals surface area (Å²) in [5.74, 6) is -0.296. The second kappa shape index (κ2) is 8.18. The van der Waals surface area contributed by atoms with Crippen LogP contribution in [-0.4, -0.2) is 49.5 Å². The Morgan fingerprint density at radius 3 is 2.79 bits per heavy atom. The van der Waals surface area contributed by atoms with Gasteiger partial charge in [-0.2, -0.15) is 18.2 Å². The Bertz CT molecular complexity index is 960. The van der Waals surface area contributed by atoms with E-state index in [0.29, 0.717) is 30.6 Å². The fraction of sp³-hybridized carbons (Fsp3) is 0.500. The van der Waals surface area contributed by atoms with Crippen LogP contribution < -0.4 is 10.3 Å². The second-order valence-corrected chi connectivity index (χ2v) is 6.83. The van der Waals surface area contributed by atoms with Gasteiger partial charge in [0.1, 0.15) is 12.6 Å². The molecule has 0 saturated carbocycles. The van der Waals surface area contributed by atoms with Crippen LogP contribution in [0.2, 0.25) is 0 Å². The van der Waals surface area contributed by atoms with Crippen molar-refractivity contribution < 1.29 is 22.7 Å². The fourth-order valence-corrected chi connectivity index (χ4v) is 3.00. The van der Waals surface area contributed by atoms with Gasteiger partial charge < -0.3 is 9.64 Å². The number of nitrogens with zero attached hydrogens (tertiary/aromatic N) is 5. The number of rotatable bonds is 4. The third-order valence-electron chi connectivity index (χ3n) is 4.75. The van der Waals surface area contributed by atoms with E-state index >= 15 is 0 Å². The molecule has 3 heterocycles. The molecule has 29 heavy (non-hydrogen) atoms. The SMILES string of the molecule is Cc1ncn(CC(=O)N2CCCC(Oc3nccc(C(F)(F)F)n3)C2)c(=O)c1C. The normalized spacial score (nSPS) is 17.3. The van der Waals surface area contributed by atoms with Gasteiger partial charge in [0, 0.05) is 24.0 Å². The minimum Gasteiger partial charge on any atom is -0.458 e. The maximum absolute atomic E-state index is 12.8. The van der Waals surface area contributed by atoms with Crippen molar-refractivity contribution in [1.29, 1.82) is 0 Å². The van der Waals surface area contributed by atoms with Gasteiger partial charge in [-0.05, 0) is 32.8 Å². The molecule has 8 nitrogen and oxygen atoms in total. The maximum Gasteiger partial charge on any atom is 0.433 e. The summed E-state index contributed by atoms with van der Waals surface area (Å²) in [7, 11) is 0. The van der Waals surface area contributed by atoms with Crippen molar-refractivity contribution in [2.24, 2.45) is 0 Å². The Hall–Kier alpha value is -2.98. The number of carbonyl (C=O) groups is 1. The third-order valence-corrected chi connectivity index (χ3v) is 4.75. The molecule has 1 aliphatic heterocycles. The molecule has 0 aliphatic carbocycles. The molecule has 1 aliphatic rings. The summed E-state index contributed by atoms with van der Waals surface area (Å²) >= 11 is 0. The molecule has 0 spiro atoms. The largest absolute Gasteiger partial charge is 0.458 e. The zero-order valence-electron chi connectivity index (χ0n) is 15.9. The van der Waals surface area contributed by atoms with E-state index in [4.69, 9.17) is 4.74 Å². The number of alkyl halides is 3. The molecular weight excluding hydrogens is 391 g/mol. The molecule has 2 aromatic rings. The van der Waals surface area contributed by atoms with E-state index in [1.165, 1.54) is 15.8 Å². The van der Waals surface area contributed by atoms with Gasteiger partial charge in [0.25, 0.3) is 5.56 Å². The first-order chi connectivity index (χ1) is 13.6. The minimum absolute atomic E-state index is 0.167. The van der Waals surface area contributed by atoms with Crippen LogP contribution in [-0.2, 0) is 17.5 Å². The molecule has 11 heteroatoms. The number of likely N-dealkylation sites (tertiary alicyclic amines) is 1.